The van der Waals surface area contributed by atoms with E-state index in [1.54, 1.807) is 0 Å². The van der Waals surface area contributed by atoms with Gasteiger partial charge in [0, 0.05) is 23.8 Å². The van der Waals surface area contributed by atoms with Gasteiger partial charge in [-0.3, -0.25) is 9.97 Å². The normalized spacial score (nSPS) is 14.1. The molecule has 2 atom stereocenters. The lowest BCUT2D eigenvalue weighted by atomic mass is 9.89. The topological polar surface area (TPSA) is 25.8 Å². The van der Waals surface area contributed by atoms with Crippen LogP contribution in [0.5, 0.6) is 0 Å². The fraction of sp³-hybridized carbons (Fsp3) is 0.565. The second kappa shape index (κ2) is 8.60. The van der Waals surface area contributed by atoms with Crippen molar-refractivity contribution >= 4 is 0 Å². The van der Waals surface area contributed by atoms with Gasteiger partial charge in [0.2, 0.25) is 0 Å². The van der Waals surface area contributed by atoms with Crippen LogP contribution < -0.4 is 0 Å². The molecule has 2 heterocycles. The standard InChI is InChI=1S/C23H34N2/c1-15(2)20-10-11-22(24-13-20)18(6)9-8-17(5)21-14-25-23(16(3)4)12-19(21)7/h10-18H,8-9H2,1-7H3. The summed E-state index contributed by atoms with van der Waals surface area (Å²) in [6.07, 6.45) is 6.45. The van der Waals surface area contributed by atoms with E-state index in [9.17, 15) is 0 Å². The summed E-state index contributed by atoms with van der Waals surface area (Å²) in [4.78, 5) is 9.35. The maximum atomic E-state index is 4.69. The molecule has 136 valence electrons. The van der Waals surface area contributed by atoms with E-state index in [2.05, 4.69) is 82.8 Å². The SMILES string of the molecule is Cc1cc(C(C)C)ncc1C(C)CCC(C)c1ccc(C(C)C)cn1. The third kappa shape index (κ3) is 5.14. The van der Waals surface area contributed by atoms with Crippen molar-refractivity contribution in [3.63, 3.8) is 0 Å². The number of aromatic nitrogens is 2. The van der Waals surface area contributed by atoms with E-state index in [0.717, 1.165) is 6.42 Å². The van der Waals surface area contributed by atoms with Crippen LogP contribution in [0.2, 0.25) is 0 Å². The van der Waals surface area contributed by atoms with E-state index in [4.69, 9.17) is 0 Å². The van der Waals surface area contributed by atoms with Gasteiger partial charge in [-0.2, -0.15) is 0 Å². The van der Waals surface area contributed by atoms with Crippen molar-refractivity contribution < 1.29 is 0 Å². The molecule has 0 saturated heterocycles. The number of pyridine rings is 2. The Morgan fingerprint density at radius 1 is 0.760 bits per heavy atom. The van der Waals surface area contributed by atoms with Crippen molar-refractivity contribution in [2.45, 2.75) is 85.0 Å². The number of aryl methyl sites for hydroxylation is 1. The molecule has 0 saturated carbocycles. The third-order valence-corrected chi connectivity index (χ3v) is 5.31. The summed E-state index contributed by atoms with van der Waals surface area (Å²) in [6, 6.07) is 6.69. The van der Waals surface area contributed by atoms with Crippen LogP contribution in [-0.2, 0) is 0 Å². The molecule has 2 aromatic rings. The molecule has 0 amide bonds. The maximum absolute atomic E-state index is 4.69. The van der Waals surface area contributed by atoms with Gasteiger partial charge in [0.15, 0.2) is 0 Å². The minimum Gasteiger partial charge on any atom is -0.261 e. The summed E-state index contributed by atoms with van der Waals surface area (Å²) in [5.41, 5.74) is 6.48. The van der Waals surface area contributed by atoms with Gasteiger partial charge in [0.1, 0.15) is 0 Å². The number of rotatable bonds is 7. The van der Waals surface area contributed by atoms with E-state index in [1.807, 2.05) is 6.20 Å². The zero-order valence-electron chi connectivity index (χ0n) is 17.0. The average Bonchev–Trinajstić information content (AvgIpc) is 2.59. The Kier molecular flexibility index (Phi) is 6.75. The Morgan fingerprint density at radius 3 is 1.92 bits per heavy atom. The molecule has 0 aliphatic heterocycles. The molecule has 0 radical (unpaired) electrons. The molecule has 0 spiro atoms. The van der Waals surface area contributed by atoms with E-state index >= 15 is 0 Å². The lowest BCUT2D eigenvalue weighted by molar-refractivity contribution is 0.562. The van der Waals surface area contributed by atoms with Crippen LogP contribution >= 0.6 is 0 Å². The van der Waals surface area contributed by atoms with Crippen molar-refractivity contribution in [2.75, 3.05) is 0 Å². The van der Waals surface area contributed by atoms with Crippen molar-refractivity contribution in [3.8, 4) is 0 Å². The first kappa shape index (κ1) is 19.6. The number of hydrogen-bond acceptors (Lipinski definition) is 2. The fourth-order valence-corrected chi connectivity index (χ4v) is 3.27. The first-order valence-corrected chi connectivity index (χ1v) is 9.71. The predicted molar refractivity (Wildman–Crippen MR) is 107 cm³/mol. The molecule has 0 aromatic carbocycles. The summed E-state index contributed by atoms with van der Waals surface area (Å²) < 4.78 is 0. The lowest BCUT2D eigenvalue weighted by Gasteiger charge is -2.18. The van der Waals surface area contributed by atoms with Gasteiger partial charge in [0.25, 0.3) is 0 Å². The van der Waals surface area contributed by atoms with Gasteiger partial charge < -0.3 is 0 Å². The molecule has 2 heteroatoms. The summed E-state index contributed by atoms with van der Waals surface area (Å²) in [5.74, 6) is 2.06. The minimum absolute atomic E-state index is 0.489. The zero-order valence-corrected chi connectivity index (χ0v) is 17.0. The van der Waals surface area contributed by atoms with Crippen LogP contribution in [0.1, 0.15) is 106 Å². The highest BCUT2D eigenvalue weighted by atomic mass is 14.7. The molecule has 0 fully saturated rings. The van der Waals surface area contributed by atoms with Gasteiger partial charge >= 0.3 is 0 Å². The Hall–Kier alpha value is -1.70. The second-order valence-corrected chi connectivity index (χ2v) is 8.17. The van der Waals surface area contributed by atoms with Gasteiger partial charge in [-0.25, -0.2) is 0 Å². The second-order valence-electron chi connectivity index (χ2n) is 8.17. The smallest absolute Gasteiger partial charge is 0.0431 e. The Bertz CT molecular complexity index is 671. The third-order valence-electron chi connectivity index (χ3n) is 5.31. The largest absolute Gasteiger partial charge is 0.261 e. The first-order valence-electron chi connectivity index (χ1n) is 9.71. The fourth-order valence-electron chi connectivity index (χ4n) is 3.27. The first-order chi connectivity index (χ1) is 11.8. The highest BCUT2D eigenvalue weighted by molar-refractivity contribution is 5.29. The molecule has 25 heavy (non-hydrogen) atoms. The average molecular weight is 339 g/mol. The molecular formula is C23H34N2. The van der Waals surface area contributed by atoms with E-state index in [0.29, 0.717) is 23.7 Å². The molecular weight excluding hydrogens is 304 g/mol. The van der Waals surface area contributed by atoms with Crippen molar-refractivity contribution in [2.24, 2.45) is 0 Å². The van der Waals surface area contributed by atoms with Crippen molar-refractivity contribution in [1.29, 1.82) is 0 Å². The van der Waals surface area contributed by atoms with Crippen molar-refractivity contribution in [1.82, 2.24) is 9.97 Å². The van der Waals surface area contributed by atoms with E-state index in [1.165, 1.54) is 34.5 Å². The van der Waals surface area contributed by atoms with E-state index < -0.39 is 0 Å². The lowest BCUT2D eigenvalue weighted by Crippen LogP contribution is -2.04. The zero-order chi connectivity index (χ0) is 18.6. The molecule has 0 aliphatic carbocycles. The molecule has 0 N–H and O–H groups in total. The van der Waals surface area contributed by atoms with Crippen LogP contribution in [-0.4, -0.2) is 9.97 Å². The van der Waals surface area contributed by atoms with Gasteiger partial charge in [-0.1, -0.05) is 47.6 Å². The summed E-state index contributed by atoms with van der Waals surface area (Å²) >= 11 is 0. The summed E-state index contributed by atoms with van der Waals surface area (Å²) in [6.45, 7) is 15.6. The number of hydrogen-bond donors (Lipinski definition) is 0. The van der Waals surface area contributed by atoms with Crippen LogP contribution in [0, 0.1) is 6.92 Å². The number of nitrogens with zero attached hydrogens (tertiary/aromatic N) is 2. The highest BCUT2D eigenvalue weighted by Crippen LogP contribution is 2.29. The summed E-state index contributed by atoms with van der Waals surface area (Å²) in [5, 5.41) is 0. The van der Waals surface area contributed by atoms with Crippen LogP contribution in [0.25, 0.3) is 0 Å². The Balaban J connectivity index is 1.98. The van der Waals surface area contributed by atoms with Crippen LogP contribution in [0.4, 0.5) is 0 Å². The summed E-state index contributed by atoms with van der Waals surface area (Å²) in [7, 11) is 0. The van der Waals surface area contributed by atoms with Crippen molar-refractivity contribution in [3.05, 3.63) is 58.7 Å². The minimum atomic E-state index is 0.489. The molecule has 2 rings (SSSR count). The molecule has 2 unspecified atom stereocenters. The molecule has 2 nitrogen and oxygen atoms in total. The van der Waals surface area contributed by atoms with E-state index in [-0.39, 0.29) is 0 Å². The maximum Gasteiger partial charge on any atom is 0.0431 e. The Labute approximate surface area is 154 Å². The predicted octanol–water partition coefficient (Wildman–Crippen LogP) is 6.72. The Morgan fingerprint density at radius 2 is 1.40 bits per heavy atom. The van der Waals surface area contributed by atoms with Crippen LogP contribution in [0.3, 0.4) is 0 Å². The molecule has 2 aromatic heterocycles. The monoisotopic (exact) mass is 338 g/mol. The molecule has 0 aliphatic rings. The quantitative estimate of drug-likeness (QED) is 0.560. The van der Waals surface area contributed by atoms with Gasteiger partial charge in [0.05, 0.1) is 0 Å². The van der Waals surface area contributed by atoms with Crippen LogP contribution in [0.15, 0.2) is 30.6 Å². The van der Waals surface area contributed by atoms with Gasteiger partial charge in [-0.05, 0) is 72.3 Å². The van der Waals surface area contributed by atoms with Gasteiger partial charge in [-0.15, -0.1) is 0 Å². The highest BCUT2D eigenvalue weighted by Gasteiger charge is 2.14. The molecule has 0 bridgehead atoms.